The van der Waals surface area contributed by atoms with Crippen molar-refractivity contribution in [1.29, 1.82) is 0 Å². The Bertz CT molecular complexity index is 319. The van der Waals surface area contributed by atoms with Crippen LogP contribution in [0.4, 0.5) is 0 Å². The van der Waals surface area contributed by atoms with E-state index in [0.717, 1.165) is 0 Å². The molecule has 6 heteroatoms. The Balaban J connectivity index is 0.00000144. The second-order valence-electron chi connectivity index (χ2n) is 2.05. The fraction of sp³-hybridized carbons (Fsp3) is 0.143. The summed E-state index contributed by atoms with van der Waals surface area (Å²) in [6.07, 6.45) is 0. The fourth-order valence-corrected chi connectivity index (χ4v) is 1.48. The number of hydrogen-bond donors (Lipinski definition) is 1. The second-order valence-corrected chi connectivity index (χ2v) is 3.42. The molecule has 0 saturated carbocycles. The van der Waals surface area contributed by atoms with E-state index in [0.29, 0.717) is 10.8 Å². The summed E-state index contributed by atoms with van der Waals surface area (Å²) >= 11 is 3.71. The van der Waals surface area contributed by atoms with Crippen LogP contribution in [-0.2, 0) is 11.1 Å². The van der Waals surface area contributed by atoms with Gasteiger partial charge in [-0.1, -0.05) is 11.6 Å². The molecule has 0 bridgehead atoms. The van der Waals surface area contributed by atoms with Crippen LogP contribution in [-0.4, -0.2) is 45.4 Å². The molecule has 1 aromatic carbocycles. The summed E-state index contributed by atoms with van der Waals surface area (Å²) in [4.78, 5) is 0.265. The van der Waals surface area contributed by atoms with Crippen LogP contribution in [0.2, 0.25) is 5.02 Å². The predicted octanol–water partition coefficient (Wildman–Crippen LogP) is 1.28. The molecular formula is C7H8ClNaO3S. The number of rotatable bonds is 2. The molecule has 0 saturated heterocycles. The Hall–Kier alpha value is 0.420. The molecule has 0 radical (unpaired) electrons. The molecule has 0 spiro atoms. The summed E-state index contributed by atoms with van der Waals surface area (Å²) in [7, 11) is 1.48. The van der Waals surface area contributed by atoms with Crippen molar-refractivity contribution in [3.63, 3.8) is 0 Å². The molecule has 1 rings (SSSR count). The number of hydrogen-bond acceptors (Lipinski definition) is 2. The summed E-state index contributed by atoms with van der Waals surface area (Å²) in [5.41, 5.74) is 0. The zero-order valence-electron chi connectivity index (χ0n) is 6.28. The van der Waals surface area contributed by atoms with Gasteiger partial charge in [0.25, 0.3) is 0 Å². The molecule has 1 unspecified atom stereocenters. The van der Waals surface area contributed by atoms with Crippen molar-refractivity contribution in [2.24, 2.45) is 0 Å². The summed E-state index contributed by atoms with van der Waals surface area (Å²) in [5.74, 6) is 0.492. The topological polar surface area (TPSA) is 46.5 Å². The van der Waals surface area contributed by atoms with E-state index < -0.39 is 11.1 Å². The van der Waals surface area contributed by atoms with Crippen LogP contribution in [0.25, 0.3) is 0 Å². The standard InChI is InChI=1S/C7H7ClO3S.Na.H/c1-11-7-3-2-5(12(9)10)4-6(7)8;;/h2-4H,1H3,(H,9,10);;. The van der Waals surface area contributed by atoms with E-state index in [1.807, 2.05) is 0 Å². The minimum atomic E-state index is -1.99. The van der Waals surface area contributed by atoms with Crippen LogP contribution >= 0.6 is 11.6 Å². The first-order valence-corrected chi connectivity index (χ1v) is 4.58. The van der Waals surface area contributed by atoms with Gasteiger partial charge in [-0.3, -0.25) is 0 Å². The molecule has 0 aliphatic carbocycles. The molecule has 1 N–H and O–H groups in total. The molecule has 0 aliphatic heterocycles. The third kappa shape index (κ3) is 3.58. The molecule has 0 aliphatic rings. The molecule has 0 fully saturated rings. The van der Waals surface area contributed by atoms with E-state index in [4.69, 9.17) is 20.9 Å². The molecule has 0 amide bonds. The average Bonchev–Trinajstić information content (AvgIpc) is 2.04. The monoisotopic (exact) mass is 230 g/mol. The Morgan fingerprint density at radius 1 is 1.54 bits per heavy atom. The predicted molar refractivity (Wildman–Crippen MR) is 54.2 cm³/mol. The van der Waals surface area contributed by atoms with Gasteiger partial charge >= 0.3 is 29.6 Å². The summed E-state index contributed by atoms with van der Waals surface area (Å²) in [6, 6.07) is 4.43. The van der Waals surface area contributed by atoms with Crippen LogP contribution < -0.4 is 4.74 Å². The SMILES string of the molecule is COc1ccc(S(=O)O)cc1Cl.[NaH]. The van der Waals surface area contributed by atoms with Gasteiger partial charge in [0.2, 0.25) is 0 Å². The van der Waals surface area contributed by atoms with Crippen LogP contribution in [0, 0.1) is 0 Å². The number of benzene rings is 1. The third-order valence-corrected chi connectivity index (χ3v) is 2.28. The van der Waals surface area contributed by atoms with Crippen molar-refractivity contribution in [2.75, 3.05) is 7.11 Å². The van der Waals surface area contributed by atoms with Gasteiger partial charge in [0.1, 0.15) is 5.75 Å². The van der Waals surface area contributed by atoms with Crippen molar-refractivity contribution in [2.45, 2.75) is 4.90 Å². The van der Waals surface area contributed by atoms with Crippen molar-refractivity contribution in [1.82, 2.24) is 0 Å². The van der Waals surface area contributed by atoms with E-state index in [1.165, 1.54) is 19.2 Å². The van der Waals surface area contributed by atoms with Gasteiger partial charge in [-0.25, -0.2) is 4.21 Å². The first-order chi connectivity index (χ1) is 5.65. The van der Waals surface area contributed by atoms with Gasteiger partial charge in [-0.15, -0.1) is 0 Å². The molecule has 1 aromatic rings. The van der Waals surface area contributed by atoms with Crippen LogP contribution in [0.5, 0.6) is 5.75 Å². The Labute approximate surface area is 106 Å². The summed E-state index contributed by atoms with van der Waals surface area (Å²) in [6.45, 7) is 0. The minimum absolute atomic E-state index is 0. The molecule has 0 aromatic heterocycles. The van der Waals surface area contributed by atoms with Crippen molar-refractivity contribution < 1.29 is 13.5 Å². The van der Waals surface area contributed by atoms with E-state index >= 15 is 0 Å². The normalized spacial score (nSPS) is 11.6. The maximum atomic E-state index is 10.6. The third-order valence-electron chi connectivity index (χ3n) is 1.32. The Morgan fingerprint density at radius 3 is 2.54 bits per heavy atom. The van der Waals surface area contributed by atoms with Crippen LogP contribution in [0.3, 0.4) is 0 Å². The number of methoxy groups -OCH3 is 1. The fourth-order valence-electron chi connectivity index (χ4n) is 0.756. The van der Waals surface area contributed by atoms with Gasteiger partial charge < -0.3 is 9.29 Å². The van der Waals surface area contributed by atoms with Crippen LogP contribution in [0.15, 0.2) is 23.1 Å². The zero-order valence-corrected chi connectivity index (χ0v) is 7.85. The zero-order chi connectivity index (χ0) is 9.14. The molecule has 13 heavy (non-hydrogen) atoms. The van der Waals surface area contributed by atoms with Crippen molar-refractivity contribution in [3.8, 4) is 5.75 Å². The molecule has 68 valence electrons. The van der Waals surface area contributed by atoms with E-state index in [1.54, 1.807) is 6.07 Å². The van der Waals surface area contributed by atoms with E-state index in [2.05, 4.69) is 0 Å². The Kier molecular flexibility index (Phi) is 6.20. The van der Waals surface area contributed by atoms with Gasteiger partial charge in [0.05, 0.1) is 17.0 Å². The quantitative estimate of drug-likeness (QED) is 0.615. The number of halogens is 1. The second kappa shape index (κ2) is 6.01. The van der Waals surface area contributed by atoms with Crippen molar-refractivity contribution >= 4 is 52.2 Å². The first-order valence-electron chi connectivity index (χ1n) is 3.09. The number of ether oxygens (including phenoxy) is 1. The molecule has 3 nitrogen and oxygen atoms in total. The molecule has 0 heterocycles. The van der Waals surface area contributed by atoms with Gasteiger partial charge in [0.15, 0.2) is 11.1 Å². The van der Waals surface area contributed by atoms with E-state index in [9.17, 15) is 4.21 Å². The van der Waals surface area contributed by atoms with Gasteiger partial charge in [-0.05, 0) is 18.2 Å². The van der Waals surface area contributed by atoms with Gasteiger partial charge in [0, 0.05) is 0 Å². The summed E-state index contributed by atoms with van der Waals surface area (Å²) in [5, 5.41) is 0.331. The Morgan fingerprint density at radius 2 is 2.15 bits per heavy atom. The molecule has 1 atom stereocenters. The van der Waals surface area contributed by atoms with E-state index in [-0.39, 0.29) is 34.5 Å². The first kappa shape index (κ1) is 13.4. The van der Waals surface area contributed by atoms with Gasteiger partial charge in [-0.2, -0.15) is 0 Å². The van der Waals surface area contributed by atoms with Crippen LogP contribution in [0.1, 0.15) is 0 Å². The average molecular weight is 231 g/mol. The maximum absolute atomic E-state index is 10.6. The van der Waals surface area contributed by atoms with Crippen molar-refractivity contribution in [3.05, 3.63) is 23.2 Å². The molecular weight excluding hydrogens is 223 g/mol. The summed E-state index contributed by atoms with van der Waals surface area (Å²) < 4.78 is 24.1.